The van der Waals surface area contributed by atoms with Crippen LogP contribution in [0, 0.1) is 10.1 Å². The number of aromatic nitrogens is 2. The zero-order chi connectivity index (χ0) is 20.2. The average Bonchev–Trinajstić information content (AvgIpc) is 3.06. The van der Waals surface area contributed by atoms with Crippen LogP contribution in [0.2, 0.25) is 10.0 Å². The molecule has 28 heavy (non-hydrogen) atoms. The fraction of sp³-hybridized carbons (Fsp3) is 0.375. The van der Waals surface area contributed by atoms with E-state index in [9.17, 15) is 10.1 Å². The van der Waals surface area contributed by atoms with E-state index in [1.165, 1.54) is 11.5 Å². The van der Waals surface area contributed by atoms with E-state index in [2.05, 4.69) is 20.0 Å². The maximum Gasteiger partial charge on any atom is 0.274 e. The van der Waals surface area contributed by atoms with Crippen molar-refractivity contribution in [3.8, 4) is 0 Å². The summed E-state index contributed by atoms with van der Waals surface area (Å²) >= 11 is 16.7. The van der Waals surface area contributed by atoms with E-state index < -0.39 is 4.92 Å². The Morgan fingerprint density at radius 1 is 1.18 bits per heavy atom. The average molecular weight is 480 g/mol. The van der Waals surface area contributed by atoms with Crippen LogP contribution in [0.1, 0.15) is 11.4 Å². The van der Waals surface area contributed by atoms with Crippen molar-refractivity contribution in [3.63, 3.8) is 0 Å². The summed E-state index contributed by atoms with van der Waals surface area (Å²) in [5.74, 6) is 3.35. The van der Waals surface area contributed by atoms with Crippen LogP contribution in [-0.4, -0.2) is 38.9 Å². The molecular formula is C16H19Cl2N5O2S3. The number of halogens is 2. The lowest BCUT2D eigenvalue weighted by Gasteiger charge is -2.11. The molecule has 0 saturated heterocycles. The summed E-state index contributed by atoms with van der Waals surface area (Å²) in [6, 6.07) is 3.60. The zero-order valence-corrected chi connectivity index (χ0v) is 18.7. The first-order chi connectivity index (χ1) is 13.6. The van der Waals surface area contributed by atoms with Gasteiger partial charge in [-0.3, -0.25) is 15.1 Å². The molecule has 7 nitrogen and oxygen atoms in total. The van der Waals surface area contributed by atoms with Crippen molar-refractivity contribution in [2.75, 3.05) is 24.6 Å². The molecule has 2 aromatic rings. The summed E-state index contributed by atoms with van der Waals surface area (Å²) in [6.07, 6.45) is 2.66. The molecule has 0 fully saturated rings. The Morgan fingerprint density at radius 3 is 2.43 bits per heavy atom. The molecule has 2 N–H and O–H groups in total. The van der Waals surface area contributed by atoms with Crippen molar-refractivity contribution >= 4 is 58.3 Å². The van der Waals surface area contributed by atoms with Gasteiger partial charge in [0, 0.05) is 47.7 Å². The van der Waals surface area contributed by atoms with Gasteiger partial charge in [-0.2, -0.15) is 27.9 Å². The Bertz CT molecular complexity index is 791. The van der Waals surface area contributed by atoms with Gasteiger partial charge in [0.05, 0.1) is 26.4 Å². The van der Waals surface area contributed by atoms with Crippen LogP contribution < -0.4 is 10.6 Å². The van der Waals surface area contributed by atoms with E-state index in [0.29, 0.717) is 34.7 Å². The summed E-state index contributed by atoms with van der Waals surface area (Å²) in [7, 11) is 0. The van der Waals surface area contributed by atoms with Gasteiger partial charge >= 0.3 is 0 Å². The van der Waals surface area contributed by atoms with E-state index >= 15 is 0 Å². The molecule has 0 bridgehead atoms. The third-order valence-corrected chi connectivity index (χ3v) is 6.67. The lowest BCUT2D eigenvalue weighted by Crippen LogP contribution is -2.30. The molecule has 0 unspecified atom stereocenters. The third kappa shape index (κ3) is 8.87. The highest BCUT2D eigenvalue weighted by Gasteiger charge is 2.05. The van der Waals surface area contributed by atoms with E-state index in [4.69, 9.17) is 23.2 Å². The first-order valence-corrected chi connectivity index (χ1v) is 12.1. The van der Waals surface area contributed by atoms with Gasteiger partial charge in [-0.1, -0.05) is 23.2 Å². The molecule has 2 rings (SSSR count). The van der Waals surface area contributed by atoms with Gasteiger partial charge in [-0.25, -0.2) is 0 Å². The summed E-state index contributed by atoms with van der Waals surface area (Å²) in [5, 5.41) is 20.0. The molecule has 0 saturated carbocycles. The molecule has 2 aromatic heterocycles. The largest absolute Gasteiger partial charge is 0.366 e. The van der Waals surface area contributed by atoms with E-state index in [0.717, 1.165) is 34.8 Å². The highest BCUT2D eigenvalue weighted by atomic mass is 35.5. The minimum atomic E-state index is -0.474. The monoisotopic (exact) mass is 479 g/mol. The maximum atomic E-state index is 10.8. The van der Waals surface area contributed by atoms with Crippen molar-refractivity contribution in [1.29, 1.82) is 0 Å². The van der Waals surface area contributed by atoms with Gasteiger partial charge in [0.15, 0.2) is 5.82 Å². The molecule has 0 aliphatic rings. The second-order valence-corrected chi connectivity index (χ2v) is 8.98. The fourth-order valence-corrected chi connectivity index (χ4v) is 4.88. The number of hydrogen-bond donors (Lipinski definition) is 2. The van der Waals surface area contributed by atoms with Gasteiger partial charge in [-0.05, 0) is 23.7 Å². The van der Waals surface area contributed by atoms with Crippen LogP contribution in [0.3, 0.4) is 0 Å². The van der Waals surface area contributed by atoms with Crippen molar-refractivity contribution in [2.45, 2.75) is 11.5 Å². The lowest BCUT2D eigenvalue weighted by atomic mass is 10.4. The Morgan fingerprint density at radius 2 is 1.86 bits per heavy atom. The van der Waals surface area contributed by atoms with Gasteiger partial charge < -0.3 is 10.6 Å². The SMILES string of the molecule is O=[N+]([O-])/C=C(/NCCSCc1ncccc1Cl)NCCSCc1nscc1Cl. The lowest BCUT2D eigenvalue weighted by molar-refractivity contribution is -0.404. The number of pyridine rings is 1. The number of nitro groups is 1. The van der Waals surface area contributed by atoms with Gasteiger partial charge in [0.1, 0.15) is 0 Å². The smallest absolute Gasteiger partial charge is 0.274 e. The summed E-state index contributed by atoms with van der Waals surface area (Å²) in [6.45, 7) is 1.18. The van der Waals surface area contributed by atoms with Gasteiger partial charge in [-0.15, -0.1) is 0 Å². The number of rotatable bonds is 13. The Labute approximate surface area is 186 Å². The summed E-state index contributed by atoms with van der Waals surface area (Å²) < 4.78 is 4.21. The van der Waals surface area contributed by atoms with E-state index in [-0.39, 0.29) is 0 Å². The quantitative estimate of drug-likeness (QED) is 0.250. The minimum Gasteiger partial charge on any atom is -0.366 e. The number of nitrogens with one attached hydrogen (secondary N) is 2. The molecule has 0 spiro atoms. The Kier molecular flexibility index (Phi) is 10.8. The number of hydrogen-bond acceptors (Lipinski definition) is 9. The maximum absolute atomic E-state index is 10.8. The first-order valence-electron chi connectivity index (χ1n) is 8.23. The molecule has 12 heteroatoms. The van der Waals surface area contributed by atoms with Crippen LogP contribution in [0.5, 0.6) is 0 Å². The number of nitrogens with zero attached hydrogens (tertiary/aromatic N) is 3. The second-order valence-electron chi connectivity index (χ2n) is 5.33. The van der Waals surface area contributed by atoms with E-state index in [1.807, 2.05) is 6.07 Å². The molecule has 0 aliphatic carbocycles. The minimum absolute atomic E-state index is 0.397. The van der Waals surface area contributed by atoms with Crippen LogP contribution in [0.15, 0.2) is 35.7 Å². The van der Waals surface area contributed by atoms with Crippen molar-refractivity contribution < 1.29 is 4.92 Å². The second kappa shape index (κ2) is 13.1. The van der Waals surface area contributed by atoms with Gasteiger partial charge in [0.25, 0.3) is 6.20 Å². The van der Waals surface area contributed by atoms with Crippen LogP contribution in [0.4, 0.5) is 0 Å². The molecule has 0 radical (unpaired) electrons. The predicted octanol–water partition coefficient (Wildman–Crippen LogP) is 4.27. The molecule has 152 valence electrons. The van der Waals surface area contributed by atoms with Crippen LogP contribution >= 0.6 is 58.3 Å². The standard InChI is InChI=1S/C16H19Cl2N5O2S3/c17-12-2-1-3-19-14(12)10-26-6-4-20-16(8-23(24)25)21-5-7-27-11-15-13(18)9-28-22-15/h1-3,8-9,20-21H,4-7,10-11H2/b16-8-. The molecule has 0 aliphatic heterocycles. The number of thioether (sulfide) groups is 2. The normalized spacial score (nSPS) is 11.4. The molecular weight excluding hydrogens is 461 g/mol. The molecule has 0 atom stereocenters. The van der Waals surface area contributed by atoms with Crippen LogP contribution in [-0.2, 0) is 11.5 Å². The zero-order valence-electron chi connectivity index (χ0n) is 14.8. The van der Waals surface area contributed by atoms with Crippen molar-refractivity contribution in [1.82, 2.24) is 20.0 Å². The topological polar surface area (TPSA) is 93.0 Å². The van der Waals surface area contributed by atoms with Gasteiger partial charge in [0.2, 0.25) is 0 Å². The highest BCUT2D eigenvalue weighted by Crippen LogP contribution is 2.21. The van der Waals surface area contributed by atoms with Crippen molar-refractivity contribution in [3.05, 3.63) is 67.3 Å². The van der Waals surface area contributed by atoms with Crippen LogP contribution in [0.25, 0.3) is 0 Å². The Hall–Kier alpha value is -1.20. The third-order valence-electron chi connectivity index (χ3n) is 3.27. The molecule has 0 amide bonds. The molecule has 2 heterocycles. The predicted molar refractivity (Wildman–Crippen MR) is 120 cm³/mol. The fourth-order valence-electron chi connectivity index (χ4n) is 1.98. The van der Waals surface area contributed by atoms with E-state index in [1.54, 1.807) is 41.2 Å². The summed E-state index contributed by atoms with van der Waals surface area (Å²) in [5.41, 5.74) is 1.71. The first kappa shape index (κ1) is 23.1. The Balaban J connectivity index is 1.63. The molecule has 0 aromatic carbocycles. The summed E-state index contributed by atoms with van der Waals surface area (Å²) in [4.78, 5) is 14.6. The van der Waals surface area contributed by atoms with Crippen molar-refractivity contribution in [2.24, 2.45) is 0 Å². The highest BCUT2D eigenvalue weighted by molar-refractivity contribution is 7.98.